The van der Waals surface area contributed by atoms with Crippen molar-refractivity contribution >= 4 is 37.8 Å². The first-order valence-electron chi connectivity index (χ1n) is 7.57. The van der Waals surface area contributed by atoms with Gasteiger partial charge >= 0.3 is 5.97 Å². The van der Waals surface area contributed by atoms with Crippen LogP contribution >= 0.6 is 15.9 Å². The Labute approximate surface area is 151 Å². The van der Waals surface area contributed by atoms with Crippen molar-refractivity contribution in [2.45, 2.75) is 33.6 Å². The Morgan fingerprint density at radius 3 is 2.54 bits per heavy atom. The molecule has 0 aliphatic rings. The van der Waals surface area contributed by atoms with Gasteiger partial charge in [0.05, 0.1) is 12.4 Å². The fraction of sp³-hybridized carbons (Fsp3) is 0.500. The van der Waals surface area contributed by atoms with E-state index in [-0.39, 0.29) is 18.8 Å². The lowest BCUT2D eigenvalue weighted by molar-refractivity contribution is -0.140. The molecule has 1 aromatic carbocycles. The van der Waals surface area contributed by atoms with Gasteiger partial charge in [-0.2, -0.15) is 0 Å². The van der Waals surface area contributed by atoms with Gasteiger partial charge in [-0.1, -0.05) is 29.8 Å². The van der Waals surface area contributed by atoms with Crippen molar-refractivity contribution in [3.8, 4) is 0 Å². The van der Waals surface area contributed by atoms with Crippen LogP contribution in [0.25, 0.3) is 0 Å². The fourth-order valence-electron chi connectivity index (χ4n) is 2.10. The summed E-state index contributed by atoms with van der Waals surface area (Å²) in [5.74, 6) is -1.08. The predicted octanol–water partition coefficient (Wildman–Crippen LogP) is 2.66. The Hall–Kier alpha value is -1.41. The van der Waals surface area contributed by atoms with Crippen LogP contribution in [0.4, 0.5) is 0 Å². The highest BCUT2D eigenvalue weighted by atomic mass is 79.9. The van der Waals surface area contributed by atoms with Crippen molar-refractivity contribution in [1.82, 2.24) is 4.72 Å². The van der Waals surface area contributed by atoms with Crippen molar-refractivity contribution in [3.05, 3.63) is 33.8 Å². The first-order chi connectivity index (χ1) is 11.1. The number of nitrogens with one attached hydrogen (secondary N) is 1. The molecule has 0 spiro atoms. The zero-order valence-electron chi connectivity index (χ0n) is 14.0. The summed E-state index contributed by atoms with van der Waals surface area (Å²) >= 11 is 3.36. The van der Waals surface area contributed by atoms with Gasteiger partial charge < -0.3 is 4.74 Å². The van der Waals surface area contributed by atoms with Gasteiger partial charge in [0.15, 0.2) is 0 Å². The van der Waals surface area contributed by atoms with Crippen molar-refractivity contribution in [1.29, 1.82) is 0 Å². The molecule has 134 valence electrons. The van der Waals surface area contributed by atoms with Crippen LogP contribution in [0, 0.1) is 5.92 Å². The third-order valence-corrected chi connectivity index (χ3v) is 4.87. The van der Waals surface area contributed by atoms with E-state index >= 15 is 0 Å². The van der Waals surface area contributed by atoms with Gasteiger partial charge in [0, 0.05) is 17.0 Å². The van der Waals surface area contributed by atoms with Gasteiger partial charge in [0.2, 0.25) is 10.0 Å². The lowest BCUT2D eigenvalue weighted by Crippen LogP contribution is -2.33. The van der Waals surface area contributed by atoms with Gasteiger partial charge in [-0.25, -0.2) is 13.1 Å². The Morgan fingerprint density at radius 2 is 1.96 bits per heavy atom. The van der Waals surface area contributed by atoms with E-state index < -0.39 is 21.9 Å². The van der Waals surface area contributed by atoms with Gasteiger partial charge in [-0.3, -0.25) is 9.59 Å². The number of carbonyl (C=O) groups is 2. The van der Waals surface area contributed by atoms with Crippen LogP contribution in [0.1, 0.15) is 43.1 Å². The second-order valence-corrected chi connectivity index (χ2v) is 8.60. The van der Waals surface area contributed by atoms with Crippen LogP contribution in [0.2, 0.25) is 0 Å². The molecule has 0 unspecified atom stereocenters. The largest absolute Gasteiger partial charge is 0.466 e. The molecule has 0 saturated carbocycles. The Morgan fingerprint density at radius 1 is 1.29 bits per heavy atom. The molecule has 0 heterocycles. The van der Waals surface area contributed by atoms with E-state index in [9.17, 15) is 18.0 Å². The summed E-state index contributed by atoms with van der Waals surface area (Å²) in [6.45, 7) is 5.30. The Bertz CT molecular complexity index is 700. The second kappa shape index (κ2) is 9.17. The van der Waals surface area contributed by atoms with Gasteiger partial charge in [0.1, 0.15) is 0 Å². The van der Waals surface area contributed by atoms with E-state index in [4.69, 9.17) is 0 Å². The number of sulfonamides is 1. The molecular weight excluding hydrogens is 398 g/mol. The molecular formula is C16H22BrNO5S. The minimum Gasteiger partial charge on any atom is -0.466 e. The third-order valence-electron chi connectivity index (χ3n) is 3.05. The van der Waals surface area contributed by atoms with Crippen molar-refractivity contribution in [2.24, 2.45) is 5.92 Å². The van der Waals surface area contributed by atoms with Crippen molar-refractivity contribution in [2.75, 3.05) is 12.4 Å². The molecule has 0 atom stereocenters. The summed E-state index contributed by atoms with van der Waals surface area (Å²) in [6.07, 6.45) is 0.788. The van der Waals surface area contributed by atoms with Crippen molar-refractivity contribution in [3.63, 3.8) is 0 Å². The first kappa shape index (κ1) is 20.6. The topological polar surface area (TPSA) is 89.5 Å². The number of halogens is 1. The highest BCUT2D eigenvalue weighted by Crippen LogP contribution is 2.20. The SMILES string of the molecule is CC(=O)OCCCS(=O)(=O)NC(=O)c1ccc(Br)cc1CC(C)C. The molecule has 0 aliphatic heterocycles. The molecule has 1 aromatic rings. The van der Waals surface area contributed by atoms with E-state index in [0.717, 1.165) is 10.0 Å². The van der Waals surface area contributed by atoms with Crippen LogP contribution in [0.15, 0.2) is 22.7 Å². The number of esters is 1. The average molecular weight is 420 g/mol. The zero-order valence-corrected chi connectivity index (χ0v) is 16.4. The third kappa shape index (κ3) is 7.44. The molecule has 6 nitrogen and oxygen atoms in total. The van der Waals surface area contributed by atoms with Gasteiger partial charge in [0.25, 0.3) is 5.91 Å². The Kier molecular flexibility index (Phi) is 7.89. The zero-order chi connectivity index (χ0) is 18.3. The second-order valence-electron chi connectivity index (χ2n) is 5.84. The fourth-order valence-corrected chi connectivity index (χ4v) is 3.51. The number of ether oxygens (including phenoxy) is 1. The lowest BCUT2D eigenvalue weighted by atomic mass is 9.98. The minimum atomic E-state index is -3.78. The quantitative estimate of drug-likeness (QED) is 0.516. The van der Waals surface area contributed by atoms with Crippen LogP contribution < -0.4 is 4.72 Å². The first-order valence-corrected chi connectivity index (χ1v) is 10.0. The van der Waals surface area contributed by atoms with Crippen LogP contribution in [-0.4, -0.2) is 32.7 Å². The summed E-state index contributed by atoms with van der Waals surface area (Å²) in [6, 6.07) is 5.12. The summed E-state index contributed by atoms with van der Waals surface area (Å²) in [7, 11) is -3.78. The number of amides is 1. The summed E-state index contributed by atoms with van der Waals surface area (Å²) in [5.41, 5.74) is 1.13. The molecule has 0 bridgehead atoms. The molecule has 1 N–H and O–H groups in total. The normalized spacial score (nSPS) is 11.4. The Balaban J connectivity index is 2.78. The molecule has 0 fully saturated rings. The number of rotatable bonds is 8. The molecule has 1 amide bonds. The number of benzene rings is 1. The smallest absolute Gasteiger partial charge is 0.302 e. The van der Waals surface area contributed by atoms with E-state index in [0.29, 0.717) is 17.9 Å². The molecule has 0 saturated heterocycles. The standard InChI is InChI=1S/C16H22BrNO5S/c1-11(2)9-13-10-14(17)5-6-15(13)16(20)18-24(21,22)8-4-7-23-12(3)19/h5-6,10-11H,4,7-9H2,1-3H3,(H,18,20). The minimum absolute atomic E-state index is 0.00131. The van der Waals surface area contributed by atoms with Gasteiger partial charge in [-0.05, 0) is 42.5 Å². The van der Waals surface area contributed by atoms with E-state index in [2.05, 4.69) is 25.4 Å². The number of hydrogen-bond acceptors (Lipinski definition) is 5. The van der Waals surface area contributed by atoms with E-state index in [1.54, 1.807) is 12.1 Å². The molecule has 1 rings (SSSR count). The average Bonchev–Trinajstić information content (AvgIpc) is 2.42. The summed E-state index contributed by atoms with van der Waals surface area (Å²) in [5, 5.41) is 0. The van der Waals surface area contributed by atoms with Gasteiger partial charge in [-0.15, -0.1) is 0 Å². The summed E-state index contributed by atoms with van der Waals surface area (Å²) in [4.78, 5) is 23.0. The summed E-state index contributed by atoms with van der Waals surface area (Å²) < 4.78 is 31.5. The van der Waals surface area contributed by atoms with E-state index in [1.807, 2.05) is 19.9 Å². The van der Waals surface area contributed by atoms with Crippen LogP contribution in [0.5, 0.6) is 0 Å². The maximum Gasteiger partial charge on any atom is 0.302 e. The molecule has 24 heavy (non-hydrogen) atoms. The molecule has 0 radical (unpaired) electrons. The maximum absolute atomic E-state index is 12.3. The van der Waals surface area contributed by atoms with Crippen LogP contribution in [0.3, 0.4) is 0 Å². The monoisotopic (exact) mass is 419 g/mol. The van der Waals surface area contributed by atoms with Crippen LogP contribution in [-0.2, 0) is 26.0 Å². The predicted molar refractivity (Wildman–Crippen MR) is 95.2 cm³/mol. The van der Waals surface area contributed by atoms with Crippen molar-refractivity contribution < 1.29 is 22.7 Å². The number of hydrogen-bond donors (Lipinski definition) is 1. The molecule has 0 aromatic heterocycles. The number of carbonyl (C=O) groups excluding carboxylic acids is 2. The molecule has 0 aliphatic carbocycles. The highest BCUT2D eigenvalue weighted by molar-refractivity contribution is 9.10. The lowest BCUT2D eigenvalue weighted by Gasteiger charge is -2.13. The van der Waals surface area contributed by atoms with E-state index in [1.165, 1.54) is 6.92 Å². The molecule has 8 heteroatoms. The highest BCUT2D eigenvalue weighted by Gasteiger charge is 2.19. The maximum atomic E-state index is 12.3.